The molecule has 2 fully saturated rings. The van der Waals surface area contributed by atoms with Gasteiger partial charge in [-0.2, -0.15) is 10.4 Å². The van der Waals surface area contributed by atoms with Crippen LogP contribution < -0.4 is 15.0 Å². The Hall–Kier alpha value is -5.09. The van der Waals surface area contributed by atoms with Crippen molar-refractivity contribution < 1.29 is 23.1 Å². The van der Waals surface area contributed by atoms with Gasteiger partial charge < -0.3 is 19.9 Å². The molecule has 11 nitrogen and oxygen atoms in total. The Labute approximate surface area is 360 Å². The van der Waals surface area contributed by atoms with Crippen molar-refractivity contribution in [2.24, 2.45) is 0 Å². The highest BCUT2D eigenvalue weighted by Crippen LogP contribution is 2.33. The highest BCUT2D eigenvalue weighted by atomic mass is 19.1. The first kappa shape index (κ1) is 45.4. The zero-order valence-corrected chi connectivity index (χ0v) is 36.3. The summed E-state index contributed by atoms with van der Waals surface area (Å²) >= 11 is 0. The fraction of sp³-hybridized carbons (Fsp3) is 0.562. The van der Waals surface area contributed by atoms with Gasteiger partial charge in [-0.15, -0.1) is 0 Å². The number of carbonyl (C=O) groups excluding carboxylic acids is 2. The number of fused-ring (bicyclic) bond motifs is 1. The van der Waals surface area contributed by atoms with Gasteiger partial charge in [-0.05, 0) is 62.6 Å². The molecule has 328 valence electrons. The van der Waals surface area contributed by atoms with Crippen LogP contribution in [-0.4, -0.2) is 94.2 Å². The third-order valence-electron chi connectivity index (χ3n) is 12.4. The van der Waals surface area contributed by atoms with Crippen LogP contribution in [0.1, 0.15) is 133 Å². The van der Waals surface area contributed by atoms with E-state index >= 15 is 0 Å². The number of piperazine rings is 1. The molecule has 2 aliphatic rings. The van der Waals surface area contributed by atoms with Gasteiger partial charge in [0.25, 0.3) is 5.91 Å². The summed E-state index contributed by atoms with van der Waals surface area (Å²) in [7, 11) is 0. The molecule has 1 N–H and O–H groups in total. The van der Waals surface area contributed by atoms with Crippen LogP contribution in [0.15, 0.2) is 55.0 Å². The monoisotopic (exact) mass is 839 g/mol. The number of carbonyl (C=O) groups is 2. The molecule has 0 spiro atoms. The number of anilines is 1. The second-order valence-corrected chi connectivity index (χ2v) is 16.9. The van der Waals surface area contributed by atoms with Crippen LogP contribution in [-0.2, 0) is 4.79 Å². The summed E-state index contributed by atoms with van der Waals surface area (Å²) < 4.78 is 36.4. The molecule has 6 rings (SSSR count). The second-order valence-electron chi connectivity index (χ2n) is 16.9. The predicted octanol–water partition coefficient (Wildman–Crippen LogP) is 9.34. The number of benzene rings is 1. The summed E-state index contributed by atoms with van der Waals surface area (Å²) in [5.41, 5.74) is 1.69. The minimum absolute atomic E-state index is 0.209. The molecular formula is C48H64F2N8O3. The lowest BCUT2D eigenvalue weighted by Crippen LogP contribution is -2.62. The Morgan fingerprint density at radius 2 is 1.51 bits per heavy atom. The highest BCUT2D eigenvalue weighted by molar-refractivity contribution is 5.95. The fourth-order valence-corrected chi connectivity index (χ4v) is 8.88. The fourth-order valence-electron chi connectivity index (χ4n) is 8.88. The van der Waals surface area contributed by atoms with Gasteiger partial charge in [0.15, 0.2) is 0 Å². The van der Waals surface area contributed by atoms with Crippen LogP contribution in [0.2, 0.25) is 0 Å². The lowest BCUT2D eigenvalue weighted by atomic mass is 9.86. The number of amides is 2. The molecule has 2 aliphatic heterocycles. The van der Waals surface area contributed by atoms with Crippen molar-refractivity contribution in [3.8, 4) is 22.9 Å². The first-order chi connectivity index (χ1) is 29.7. The number of hydrogen-bond donors (Lipinski definition) is 1. The van der Waals surface area contributed by atoms with Crippen LogP contribution >= 0.6 is 0 Å². The first-order valence-electron chi connectivity index (χ1n) is 22.8. The standard InChI is InChI=1S/C48H64F2N8O3/c1-3-5-6-7-8-9-10-11-12-13-14-15-16-17-45(59)57-28-26-55(27-29-57)36-48(54-47(60)42-30-39(49)19-20-43(42)50)22-24-56(25-23-48)44-21-18-37(33-52-44)41-31-40(61-4-2)35-58-46(41)38(32-51)34-53-58/h18-21,30-31,33-35H,3-17,22-29,36H2,1-2H3,(H,54,60). The largest absolute Gasteiger partial charge is 0.492 e. The van der Waals surface area contributed by atoms with Crippen molar-refractivity contribution in [1.29, 1.82) is 5.26 Å². The average Bonchev–Trinajstić information content (AvgIpc) is 3.69. The van der Waals surface area contributed by atoms with E-state index in [9.17, 15) is 23.6 Å². The molecule has 3 aromatic heterocycles. The maximum Gasteiger partial charge on any atom is 0.254 e. The van der Waals surface area contributed by atoms with E-state index in [2.05, 4.69) is 33.2 Å². The van der Waals surface area contributed by atoms with Gasteiger partial charge in [-0.3, -0.25) is 14.5 Å². The summed E-state index contributed by atoms with van der Waals surface area (Å²) in [5.74, 6) is -0.480. The van der Waals surface area contributed by atoms with Crippen LogP contribution in [0.3, 0.4) is 0 Å². The number of aromatic nitrogens is 3. The Balaban J connectivity index is 1.02. The Morgan fingerprint density at radius 1 is 0.836 bits per heavy atom. The van der Waals surface area contributed by atoms with Crippen molar-refractivity contribution in [3.05, 3.63) is 77.8 Å². The van der Waals surface area contributed by atoms with Crippen molar-refractivity contribution >= 4 is 23.1 Å². The predicted molar refractivity (Wildman–Crippen MR) is 236 cm³/mol. The number of halogens is 2. The molecule has 0 radical (unpaired) electrons. The number of nitriles is 1. The molecule has 4 aromatic rings. The van der Waals surface area contributed by atoms with Gasteiger partial charge in [-0.1, -0.05) is 84.0 Å². The Bertz CT molecular complexity index is 2070. The molecule has 2 amide bonds. The minimum Gasteiger partial charge on any atom is -0.492 e. The third-order valence-corrected chi connectivity index (χ3v) is 12.4. The van der Waals surface area contributed by atoms with Crippen molar-refractivity contribution in [2.45, 2.75) is 122 Å². The molecule has 0 saturated carbocycles. The molecule has 1 aromatic carbocycles. The average molecular weight is 839 g/mol. The maximum absolute atomic E-state index is 14.8. The number of nitrogens with zero attached hydrogens (tertiary/aromatic N) is 7. The number of hydrogen-bond acceptors (Lipinski definition) is 8. The summed E-state index contributed by atoms with van der Waals surface area (Å²) in [4.78, 5) is 38.0. The van der Waals surface area contributed by atoms with Crippen molar-refractivity contribution in [3.63, 3.8) is 0 Å². The number of rotatable bonds is 22. The lowest BCUT2D eigenvalue weighted by molar-refractivity contribution is -0.133. The summed E-state index contributed by atoms with van der Waals surface area (Å²) in [5, 5.41) is 17.3. The lowest BCUT2D eigenvalue weighted by Gasteiger charge is -2.46. The first-order valence-corrected chi connectivity index (χ1v) is 22.8. The van der Waals surface area contributed by atoms with E-state index in [0.29, 0.717) is 88.5 Å². The topological polar surface area (TPSA) is 119 Å². The molecular weight excluding hydrogens is 775 g/mol. The number of ether oxygens (including phenoxy) is 1. The summed E-state index contributed by atoms with van der Waals surface area (Å²) in [6.07, 6.45) is 23.3. The normalized spacial score (nSPS) is 15.5. The van der Waals surface area contributed by atoms with Gasteiger partial charge in [-0.25, -0.2) is 18.3 Å². The van der Waals surface area contributed by atoms with E-state index in [1.165, 1.54) is 70.6 Å². The minimum atomic E-state index is -0.770. The summed E-state index contributed by atoms with van der Waals surface area (Å²) in [6, 6.07) is 11.0. The van der Waals surface area contributed by atoms with Gasteiger partial charge in [0.2, 0.25) is 5.91 Å². The highest BCUT2D eigenvalue weighted by Gasteiger charge is 2.39. The zero-order valence-electron chi connectivity index (χ0n) is 36.3. The Morgan fingerprint density at radius 3 is 2.13 bits per heavy atom. The quantitative estimate of drug-likeness (QED) is 0.0779. The molecule has 5 heterocycles. The molecule has 0 atom stereocenters. The third kappa shape index (κ3) is 12.5. The SMILES string of the molecule is CCCCCCCCCCCCCCCC(=O)N1CCN(CC2(NC(=O)c3cc(F)ccc3F)CCN(c3ccc(-c4cc(OCC)cn5ncc(C#N)c45)cn3)CC2)CC1. The second kappa shape index (κ2) is 22.7. The van der Waals surface area contributed by atoms with E-state index in [1.54, 1.807) is 23.1 Å². The molecule has 2 saturated heterocycles. The van der Waals surface area contributed by atoms with Gasteiger partial charge in [0, 0.05) is 69.6 Å². The molecule has 61 heavy (non-hydrogen) atoms. The Kier molecular flexibility index (Phi) is 16.9. The summed E-state index contributed by atoms with van der Waals surface area (Å²) in [6.45, 7) is 8.91. The number of piperidine rings is 1. The van der Waals surface area contributed by atoms with Crippen LogP contribution in [0.4, 0.5) is 14.6 Å². The van der Waals surface area contributed by atoms with Gasteiger partial charge >= 0.3 is 0 Å². The van der Waals surface area contributed by atoms with Crippen LogP contribution in [0, 0.1) is 23.0 Å². The number of pyridine rings is 2. The molecule has 13 heteroatoms. The van der Waals surface area contributed by atoms with E-state index in [0.717, 1.165) is 48.0 Å². The van der Waals surface area contributed by atoms with E-state index in [-0.39, 0.29) is 11.5 Å². The van der Waals surface area contributed by atoms with Crippen LogP contribution in [0.25, 0.3) is 16.6 Å². The number of unbranched alkanes of at least 4 members (excludes halogenated alkanes) is 12. The van der Waals surface area contributed by atoms with E-state index in [1.807, 2.05) is 30.0 Å². The van der Waals surface area contributed by atoms with E-state index < -0.39 is 23.1 Å². The zero-order chi connectivity index (χ0) is 43.0. The molecule has 0 unspecified atom stereocenters. The van der Waals surface area contributed by atoms with Crippen LogP contribution in [0.5, 0.6) is 5.75 Å². The number of nitrogens with one attached hydrogen (secondary N) is 1. The van der Waals surface area contributed by atoms with E-state index in [4.69, 9.17) is 9.72 Å². The van der Waals surface area contributed by atoms with Gasteiger partial charge in [0.1, 0.15) is 29.3 Å². The molecule has 0 aliphatic carbocycles. The maximum atomic E-state index is 14.8. The van der Waals surface area contributed by atoms with Crippen molar-refractivity contribution in [2.75, 3.05) is 57.3 Å². The van der Waals surface area contributed by atoms with Gasteiger partial charge in [0.05, 0.1) is 41.2 Å². The molecule has 0 bridgehead atoms. The van der Waals surface area contributed by atoms with Crippen molar-refractivity contribution in [1.82, 2.24) is 29.7 Å². The smallest absolute Gasteiger partial charge is 0.254 e.